The first-order valence-corrected chi connectivity index (χ1v) is 8.81. The van der Waals surface area contributed by atoms with Crippen molar-refractivity contribution in [2.24, 2.45) is 23.2 Å². The lowest BCUT2D eigenvalue weighted by atomic mass is 9.48. The van der Waals surface area contributed by atoms with Crippen molar-refractivity contribution in [1.29, 1.82) is 0 Å². The Kier molecular flexibility index (Phi) is 3.25. The zero-order chi connectivity index (χ0) is 14.6. The summed E-state index contributed by atoms with van der Waals surface area (Å²) in [5, 5.41) is 0. The van der Waals surface area contributed by atoms with Crippen LogP contribution in [-0.2, 0) is 11.2 Å². The zero-order valence-corrected chi connectivity index (χ0v) is 13.7. The highest BCUT2D eigenvalue weighted by molar-refractivity contribution is 9.10. The van der Waals surface area contributed by atoms with Crippen LogP contribution < -0.4 is 0 Å². The van der Waals surface area contributed by atoms with Gasteiger partial charge in [0.2, 0.25) is 0 Å². The van der Waals surface area contributed by atoms with Crippen LogP contribution in [-0.4, -0.2) is 5.78 Å². The normalized spacial score (nSPS) is 37.0. The highest BCUT2D eigenvalue weighted by atomic mass is 79.9. The third-order valence-corrected chi connectivity index (χ3v) is 6.76. The standard InChI is InChI=1S/C18H20BrFO/c19-16-2-1-15(20)6-14(16)7-17(21)18-8-11-3-12(9-18)5-13(4-11)10-18/h1-2,6,11-13H,3-5,7-10H2. The first-order chi connectivity index (χ1) is 10.0. The van der Waals surface area contributed by atoms with Gasteiger partial charge in [-0.1, -0.05) is 15.9 Å². The van der Waals surface area contributed by atoms with Crippen LogP contribution in [0.4, 0.5) is 4.39 Å². The van der Waals surface area contributed by atoms with Crippen LogP contribution in [0.15, 0.2) is 22.7 Å². The number of hydrogen-bond acceptors (Lipinski definition) is 1. The molecule has 1 aromatic carbocycles. The van der Waals surface area contributed by atoms with Gasteiger partial charge < -0.3 is 0 Å². The Hall–Kier alpha value is -0.700. The Morgan fingerprint density at radius 1 is 1.14 bits per heavy atom. The van der Waals surface area contributed by atoms with Crippen molar-refractivity contribution in [3.8, 4) is 0 Å². The van der Waals surface area contributed by atoms with E-state index in [2.05, 4.69) is 15.9 Å². The molecule has 3 heteroatoms. The molecule has 0 saturated heterocycles. The van der Waals surface area contributed by atoms with E-state index >= 15 is 0 Å². The molecular weight excluding hydrogens is 331 g/mol. The fourth-order valence-corrected chi connectivity index (χ4v) is 5.88. The summed E-state index contributed by atoms with van der Waals surface area (Å²) < 4.78 is 14.3. The molecule has 112 valence electrons. The van der Waals surface area contributed by atoms with Crippen molar-refractivity contribution in [3.63, 3.8) is 0 Å². The minimum absolute atomic E-state index is 0.0828. The molecule has 4 fully saturated rings. The van der Waals surface area contributed by atoms with Gasteiger partial charge in [-0.2, -0.15) is 0 Å². The van der Waals surface area contributed by atoms with Crippen molar-refractivity contribution in [2.45, 2.75) is 44.9 Å². The number of halogens is 2. The van der Waals surface area contributed by atoms with E-state index in [-0.39, 0.29) is 11.2 Å². The predicted molar refractivity (Wildman–Crippen MR) is 83.4 cm³/mol. The molecule has 4 aliphatic rings. The third kappa shape index (κ3) is 2.38. The van der Waals surface area contributed by atoms with Crippen LogP contribution in [0.25, 0.3) is 0 Å². The summed E-state index contributed by atoms with van der Waals surface area (Å²) in [6.07, 6.45) is 7.67. The Balaban J connectivity index is 1.59. The molecule has 0 aromatic heterocycles. The van der Waals surface area contributed by atoms with Crippen LogP contribution in [0.1, 0.15) is 44.1 Å². The van der Waals surface area contributed by atoms with Gasteiger partial charge in [0.05, 0.1) is 0 Å². The van der Waals surface area contributed by atoms with E-state index in [4.69, 9.17) is 0 Å². The molecule has 0 radical (unpaired) electrons. The van der Waals surface area contributed by atoms with Crippen LogP contribution in [0.3, 0.4) is 0 Å². The molecule has 1 aromatic rings. The van der Waals surface area contributed by atoms with Crippen molar-refractivity contribution < 1.29 is 9.18 Å². The van der Waals surface area contributed by atoms with E-state index in [1.165, 1.54) is 31.4 Å². The van der Waals surface area contributed by atoms with Gasteiger partial charge in [-0.25, -0.2) is 4.39 Å². The molecule has 0 heterocycles. The highest BCUT2D eigenvalue weighted by Gasteiger charge is 2.54. The van der Waals surface area contributed by atoms with Gasteiger partial charge in [-0.05, 0) is 80.0 Å². The van der Waals surface area contributed by atoms with E-state index in [1.54, 1.807) is 6.07 Å². The topological polar surface area (TPSA) is 17.1 Å². The first kappa shape index (κ1) is 13.9. The van der Waals surface area contributed by atoms with Crippen molar-refractivity contribution >= 4 is 21.7 Å². The van der Waals surface area contributed by atoms with Crippen molar-refractivity contribution in [2.75, 3.05) is 0 Å². The number of rotatable bonds is 3. The van der Waals surface area contributed by atoms with E-state index < -0.39 is 0 Å². The van der Waals surface area contributed by atoms with Gasteiger partial charge in [0, 0.05) is 16.3 Å². The fraction of sp³-hybridized carbons (Fsp3) is 0.611. The molecule has 0 spiro atoms. The Morgan fingerprint density at radius 2 is 1.71 bits per heavy atom. The Bertz CT molecular complexity index is 560. The summed E-state index contributed by atoms with van der Waals surface area (Å²) in [6, 6.07) is 4.64. The summed E-state index contributed by atoms with van der Waals surface area (Å²) in [6.45, 7) is 0. The van der Waals surface area contributed by atoms with Crippen LogP contribution in [0, 0.1) is 29.0 Å². The molecule has 1 nitrogen and oxygen atoms in total. The summed E-state index contributed by atoms with van der Waals surface area (Å²) >= 11 is 3.45. The van der Waals surface area contributed by atoms with Crippen molar-refractivity contribution in [3.05, 3.63) is 34.1 Å². The molecule has 0 amide bonds. The predicted octanol–water partition coefficient (Wildman–Crippen LogP) is 4.92. The average molecular weight is 351 g/mol. The number of hydrogen-bond donors (Lipinski definition) is 0. The molecule has 4 saturated carbocycles. The molecule has 5 rings (SSSR count). The van der Waals surface area contributed by atoms with E-state index in [9.17, 15) is 9.18 Å². The Morgan fingerprint density at radius 3 is 2.29 bits per heavy atom. The summed E-state index contributed by atoms with van der Waals surface area (Å²) in [5.41, 5.74) is 0.719. The number of benzene rings is 1. The first-order valence-electron chi connectivity index (χ1n) is 8.01. The number of ketones is 1. The molecule has 4 bridgehead atoms. The molecule has 0 unspecified atom stereocenters. The smallest absolute Gasteiger partial charge is 0.143 e. The summed E-state index contributed by atoms with van der Waals surface area (Å²) in [5.74, 6) is 2.42. The second-order valence-corrected chi connectivity index (χ2v) is 8.39. The number of carbonyl (C=O) groups excluding carboxylic acids is 1. The largest absolute Gasteiger partial charge is 0.299 e. The molecule has 21 heavy (non-hydrogen) atoms. The molecule has 0 N–H and O–H groups in total. The van der Waals surface area contributed by atoms with Crippen LogP contribution in [0.2, 0.25) is 0 Å². The minimum atomic E-state index is -0.258. The van der Waals surface area contributed by atoms with Gasteiger partial charge in [-0.15, -0.1) is 0 Å². The van der Waals surface area contributed by atoms with Gasteiger partial charge in [0.25, 0.3) is 0 Å². The SMILES string of the molecule is O=C(Cc1cc(F)ccc1Br)C12CC3CC(CC(C3)C1)C2. The maximum atomic E-state index is 13.4. The maximum absolute atomic E-state index is 13.4. The quantitative estimate of drug-likeness (QED) is 0.756. The lowest BCUT2D eigenvalue weighted by Gasteiger charge is -2.56. The van der Waals surface area contributed by atoms with E-state index in [1.807, 2.05) is 0 Å². The Labute approximate surface area is 133 Å². The lowest BCUT2D eigenvalue weighted by molar-refractivity contribution is -0.143. The fourth-order valence-electron chi connectivity index (χ4n) is 5.49. The van der Waals surface area contributed by atoms with E-state index in [0.717, 1.165) is 47.1 Å². The summed E-state index contributed by atoms with van der Waals surface area (Å²) in [4.78, 5) is 13.0. The monoisotopic (exact) mass is 350 g/mol. The summed E-state index contributed by atoms with van der Waals surface area (Å²) in [7, 11) is 0. The zero-order valence-electron chi connectivity index (χ0n) is 12.1. The number of carbonyl (C=O) groups is 1. The van der Waals surface area contributed by atoms with Crippen LogP contribution >= 0.6 is 15.9 Å². The lowest BCUT2D eigenvalue weighted by Crippen LogP contribution is -2.50. The minimum Gasteiger partial charge on any atom is -0.299 e. The van der Waals surface area contributed by atoms with E-state index in [0.29, 0.717) is 12.2 Å². The van der Waals surface area contributed by atoms with Gasteiger partial charge in [0.1, 0.15) is 11.6 Å². The molecule has 0 atom stereocenters. The maximum Gasteiger partial charge on any atom is 0.143 e. The molecule has 4 aliphatic carbocycles. The van der Waals surface area contributed by atoms with Gasteiger partial charge in [0.15, 0.2) is 0 Å². The van der Waals surface area contributed by atoms with Gasteiger partial charge in [-0.3, -0.25) is 4.79 Å². The molecule has 0 aliphatic heterocycles. The van der Waals surface area contributed by atoms with Crippen molar-refractivity contribution in [1.82, 2.24) is 0 Å². The van der Waals surface area contributed by atoms with Gasteiger partial charge >= 0.3 is 0 Å². The highest BCUT2D eigenvalue weighted by Crippen LogP contribution is 2.60. The number of Topliss-reactive ketones (excluding diaryl/α,β-unsaturated/α-hetero) is 1. The second-order valence-electron chi connectivity index (χ2n) is 7.53. The molecular formula is C18H20BrFO. The second kappa shape index (κ2) is 4.91. The van der Waals surface area contributed by atoms with Crippen LogP contribution in [0.5, 0.6) is 0 Å². The third-order valence-electron chi connectivity index (χ3n) is 5.99. The average Bonchev–Trinajstić information content (AvgIpc) is 2.41.